The van der Waals surface area contributed by atoms with Crippen LogP contribution in [-0.2, 0) is 23.2 Å². The minimum absolute atomic E-state index is 0.0480. The van der Waals surface area contributed by atoms with Crippen molar-refractivity contribution in [2.24, 2.45) is 0 Å². The molecule has 0 bridgehead atoms. The maximum atomic E-state index is 12.8. The summed E-state index contributed by atoms with van der Waals surface area (Å²) >= 11 is 0. The Morgan fingerprint density at radius 3 is 2.55 bits per heavy atom. The Morgan fingerprint density at radius 1 is 1.03 bits per heavy atom. The van der Waals surface area contributed by atoms with E-state index in [0.29, 0.717) is 6.42 Å². The van der Waals surface area contributed by atoms with Gasteiger partial charge in [0, 0.05) is 24.4 Å². The van der Waals surface area contributed by atoms with E-state index in [9.17, 15) is 9.90 Å². The van der Waals surface area contributed by atoms with Gasteiger partial charge in [-0.05, 0) is 61.7 Å². The van der Waals surface area contributed by atoms with Gasteiger partial charge in [0.05, 0.1) is 18.6 Å². The molecular formula is C27H32N4O2. The number of nitrogens with zero attached hydrogens (tertiary/aromatic N) is 3. The number of carbonyl (C=O) groups is 1. The van der Waals surface area contributed by atoms with Gasteiger partial charge in [0.25, 0.3) is 0 Å². The van der Waals surface area contributed by atoms with Crippen LogP contribution >= 0.6 is 0 Å². The van der Waals surface area contributed by atoms with Crippen LogP contribution in [0.2, 0.25) is 0 Å². The standard InChI is InChI=1S/C27H32N4O2/c32-24(20-21-8-2-1-3-9-21)29-25-22-10-4-5-11-23(22)27(26(25)33)12-18-30(19-13-27)15-7-17-31-16-6-14-28-31/h1-6,8-11,14,16,25-26,33H,7,12-13,15,17-20H2,(H,29,32)/t25-,26+/m1/s1. The summed E-state index contributed by atoms with van der Waals surface area (Å²) in [5, 5.41) is 19.0. The Bertz CT molecular complexity index is 1060. The first-order chi connectivity index (χ1) is 16.2. The van der Waals surface area contributed by atoms with Gasteiger partial charge in [-0.15, -0.1) is 0 Å². The monoisotopic (exact) mass is 444 g/mol. The van der Waals surface area contributed by atoms with E-state index in [0.717, 1.165) is 56.6 Å². The van der Waals surface area contributed by atoms with Crippen LogP contribution in [-0.4, -0.2) is 51.4 Å². The predicted molar refractivity (Wildman–Crippen MR) is 128 cm³/mol. The zero-order valence-electron chi connectivity index (χ0n) is 18.9. The minimum Gasteiger partial charge on any atom is -0.390 e. The molecule has 1 aromatic heterocycles. The number of carbonyl (C=O) groups excluding carboxylic acids is 1. The molecule has 1 aliphatic carbocycles. The van der Waals surface area contributed by atoms with Crippen LogP contribution in [0.4, 0.5) is 0 Å². The molecule has 33 heavy (non-hydrogen) atoms. The molecule has 2 heterocycles. The molecule has 3 aromatic rings. The zero-order chi connectivity index (χ0) is 22.7. The number of hydrogen-bond acceptors (Lipinski definition) is 4. The van der Waals surface area contributed by atoms with E-state index in [-0.39, 0.29) is 17.4 Å². The molecule has 5 rings (SSSR count). The number of aliphatic hydroxyl groups is 1. The third kappa shape index (κ3) is 4.45. The van der Waals surface area contributed by atoms with Crippen molar-refractivity contribution >= 4 is 5.91 Å². The van der Waals surface area contributed by atoms with Crippen molar-refractivity contribution in [1.82, 2.24) is 20.0 Å². The zero-order valence-corrected chi connectivity index (χ0v) is 18.9. The highest BCUT2D eigenvalue weighted by Gasteiger charge is 2.52. The summed E-state index contributed by atoms with van der Waals surface area (Å²) < 4.78 is 1.98. The van der Waals surface area contributed by atoms with Gasteiger partial charge >= 0.3 is 0 Å². The Morgan fingerprint density at radius 2 is 1.79 bits per heavy atom. The number of piperidine rings is 1. The third-order valence-electron chi connectivity index (χ3n) is 7.41. The Hall–Kier alpha value is -2.96. The highest BCUT2D eigenvalue weighted by atomic mass is 16.3. The molecule has 1 saturated heterocycles. The van der Waals surface area contributed by atoms with Crippen LogP contribution in [0.3, 0.4) is 0 Å². The summed E-state index contributed by atoms with van der Waals surface area (Å²) in [5.74, 6) is -0.0480. The fourth-order valence-electron chi connectivity index (χ4n) is 5.66. The first-order valence-electron chi connectivity index (χ1n) is 12.0. The molecule has 1 spiro atoms. The molecule has 172 valence electrons. The lowest BCUT2D eigenvalue weighted by Gasteiger charge is -2.43. The van der Waals surface area contributed by atoms with Crippen molar-refractivity contribution in [2.75, 3.05) is 19.6 Å². The van der Waals surface area contributed by atoms with Gasteiger partial charge in [-0.1, -0.05) is 54.6 Å². The van der Waals surface area contributed by atoms with Gasteiger partial charge in [-0.3, -0.25) is 9.48 Å². The fraction of sp³-hybridized carbons (Fsp3) is 0.407. The number of aliphatic hydroxyl groups excluding tert-OH is 1. The van der Waals surface area contributed by atoms with Crippen LogP contribution in [0.1, 0.15) is 42.0 Å². The lowest BCUT2D eigenvalue weighted by Crippen LogP contribution is -2.50. The molecule has 2 aromatic carbocycles. The van der Waals surface area contributed by atoms with E-state index in [4.69, 9.17) is 0 Å². The van der Waals surface area contributed by atoms with Crippen molar-refractivity contribution in [1.29, 1.82) is 0 Å². The molecule has 1 amide bonds. The number of hydrogen-bond donors (Lipinski definition) is 2. The van der Waals surface area contributed by atoms with Crippen molar-refractivity contribution in [3.63, 3.8) is 0 Å². The second-order valence-electron chi connectivity index (χ2n) is 9.36. The SMILES string of the molecule is O=C(Cc1ccccc1)N[C@@H]1c2ccccc2C2(CCN(CCCn3cccn3)CC2)[C@H]1O. The summed E-state index contributed by atoms with van der Waals surface area (Å²) in [4.78, 5) is 15.3. The minimum atomic E-state index is -0.610. The van der Waals surface area contributed by atoms with Crippen LogP contribution < -0.4 is 5.32 Å². The number of benzene rings is 2. The van der Waals surface area contributed by atoms with Crippen molar-refractivity contribution in [2.45, 2.75) is 49.8 Å². The number of rotatable bonds is 7. The molecular weight excluding hydrogens is 412 g/mol. The maximum Gasteiger partial charge on any atom is 0.224 e. The number of fused-ring (bicyclic) bond motifs is 2. The second kappa shape index (κ2) is 9.49. The molecule has 6 nitrogen and oxygen atoms in total. The van der Waals surface area contributed by atoms with E-state index in [1.54, 1.807) is 0 Å². The predicted octanol–water partition coefficient (Wildman–Crippen LogP) is 3.08. The van der Waals surface area contributed by atoms with E-state index in [1.807, 2.05) is 59.5 Å². The molecule has 1 fully saturated rings. The number of amides is 1. The quantitative estimate of drug-likeness (QED) is 0.588. The van der Waals surface area contributed by atoms with Crippen LogP contribution in [0, 0.1) is 0 Å². The first kappa shape index (κ1) is 21.9. The normalized spacial score (nSPS) is 21.7. The van der Waals surface area contributed by atoms with E-state index in [1.165, 1.54) is 5.56 Å². The summed E-state index contributed by atoms with van der Waals surface area (Å²) in [5.41, 5.74) is 2.96. The summed E-state index contributed by atoms with van der Waals surface area (Å²) in [6, 6.07) is 19.6. The van der Waals surface area contributed by atoms with Gasteiger partial charge in [-0.2, -0.15) is 5.10 Å². The number of aromatic nitrogens is 2. The fourth-order valence-corrected chi connectivity index (χ4v) is 5.66. The Balaban J connectivity index is 1.24. The van der Waals surface area contributed by atoms with Crippen molar-refractivity contribution < 1.29 is 9.90 Å². The molecule has 2 N–H and O–H groups in total. The van der Waals surface area contributed by atoms with Gasteiger partial charge in [0.2, 0.25) is 5.91 Å². The highest BCUT2D eigenvalue weighted by Crippen LogP contribution is 2.50. The summed E-state index contributed by atoms with van der Waals surface area (Å²) in [7, 11) is 0. The Kier molecular flexibility index (Phi) is 6.29. The van der Waals surface area contributed by atoms with Gasteiger partial charge in [0.15, 0.2) is 0 Å². The van der Waals surface area contributed by atoms with Crippen molar-refractivity contribution in [3.8, 4) is 0 Å². The van der Waals surface area contributed by atoms with Crippen LogP contribution in [0.25, 0.3) is 0 Å². The van der Waals surface area contributed by atoms with Crippen LogP contribution in [0.5, 0.6) is 0 Å². The highest BCUT2D eigenvalue weighted by molar-refractivity contribution is 5.79. The first-order valence-corrected chi connectivity index (χ1v) is 12.0. The average molecular weight is 445 g/mol. The number of likely N-dealkylation sites (tertiary alicyclic amines) is 1. The lowest BCUT2D eigenvalue weighted by molar-refractivity contribution is -0.122. The molecule has 2 atom stereocenters. The van der Waals surface area contributed by atoms with E-state index >= 15 is 0 Å². The molecule has 0 unspecified atom stereocenters. The molecule has 1 aliphatic heterocycles. The summed E-state index contributed by atoms with van der Waals surface area (Å²) in [6.07, 6.45) is 6.40. The van der Waals surface area contributed by atoms with Crippen LogP contribution in [0.15, 0.2) is 73.1 Å². The number of aryl methyl sites for hydroxylation is 1. The molecule has 0 radical (unpaired) electrons. The van der Waals surface area contributed by atoms with Crippen molar-refractivity contribution in [3.05, 3.63) is 89.7 Å². The molecule has 0 saturated carbocycles. The third-order valence-corrected chi connectivity index (χ3v) is 7.41. The molecule has 2 aliphatic rings. The van der Waals surface area contributed by atoms with Gasteiger partial charge < -0.3 is 15.3 Å². The summed E-state index contributed by atoms with van der Waals surface area (Å²) in [6.45, 7) is 3.87. The maximum absolute atomic E-state index is 12.8. The lowest BCUT2D eigenvalue weighted by atomic mass is 9.72. The van der Waals surface area contributed by atoms with E-state index in [2.05, 4.69) is 33.5 Å². The Labute approximate surface area is 195 Å². The average Bonchev–Trinajstić information content (AvgIpc) is 3.43. The number of nitrogens with one attached hydrogen (secondary N) is 1. The second-order valence-corrected chi connectivity index (χ2v) is 9.36. The largest absolute Gasteiger partial charge is 0.390 e. The topological polar surface area (TPSA) is 70.4 Å². The van der Waals surface area contributed by atoms with Gasteiger partial charge in [0.1, 0.15) is 0 Å². The smallest absolute Gasteiger partial charge is 0.224 e. The molecule has 6 heteroatoms. The van der Waals surface area contributed by atoms with E-state index < -0.39 is 6.10 Å². The van der Waals surface area contributed by atoms with Gasteiger partial charge in [-0.25, -0.2) is 0 Å².